The molecule has 0 atom stereocenters. The van der Waals surface area contributed by atoms with Gasteiger partial charge in [-0.1, -0.05) is 43.5 Å². The van der Waals surface area contributed by atoms with E-state index in [2.05, 4.69) is 22.6 Å². The fraction of sp³-hybridized carbons (Fsp3) is 0.0732. The predicted octanol–water partition coefficient (Wildman–Crippen LogP) is 8.45. The Morgan fingerprint density at radius 1 is 0.545 bits per heavy atom. The minimum absolute atomic E-state index is 0.0386. The van der Waals surface area contributed by atoms with Gasteiger partial charge in [0, 0.05) is 24.3 Å². The normalized spacial score (nSPS) is 10.5. The van der Waals surface area contributed by atoms with Crippen LogP contribution in [0.5, 0.6) is 23.0 Å². The van der Waals surface area contributed by atoms with E-state index >= 15 is 8.78 Å². The van der Waals surface area contributed by atoms with Crippen LogP contribution < -0.4 is 18.9 Å². The average Bonchev–Trinajstić information content (AvgIpc) is 3.16. The minimum atomic E-state index is -1.17. The third-order valence-corrected chi connectivity index (χ3v) is 7.65. The van der Waals surface area contributed by atoms with Gasteiger partial charge in [-0.25, -0.2) is 36.7 Å². The van der Waals surface area contributed by atoms with Gasteiger partial charge in [-0.15, -0.1) is 0 Å². The smallest absolute Gasteiger partial charge is 0.346 e. The lowest BCUT2D eigenvalue weighted by Crippen LogP contribution is -2.12. The summed E-state index contributed by atoms with van der Waals surface area (Å²) in [4.78, 5) is 47.4. The van der Waals surface area contributed by atoms with Crippen LogP contribution in [0.3, 0.4) is 0 Å². The predicted molar refractivity (Wildman–Crippen MR) is 188 cm³/mol. The van der Waals surface area contributed by atoms with Crippen molar-refractivity contribution < 1.29 is 65.2 Å². The first-order valence-electron chi connectivity index (χ1n) is 15.9. The summed E-state index contributed by atoms with van der Waals surface area (Å²) >= 11 is 0. The van der Waals surface area contributed by atoms with Gasteiger partial charge in [0.2, 0.25) is 13.6 Å². The first-order chi connectivity index (χ1) is 26.4. The van der Waals surface area contributed by atoms with Crippen molar-refractivity contribution in [1.29, 1.82) is 0 Å². The van der Waals surface area contributed by atoms with Crippen LogP contribution in [0.2, 0.25) is 0 Å². The van der Waals surface area contributed by atoms with Crippen molar-refractivity contribution >= 4 is 23.9 Å². The Balaban J connectivity index is 1.22. The molecule has 5 aromatic carbocycles. The third-order valence-electron chi connectivity index (χ3n) is 7.65. The van der Waals surface area contributed by atoms with E-state index in [1.54, 1.807) is 25.1 Å². The molecule has 5 aromatic rings. The Hall–Kier alpha value is -7.22. The van der Waals surface area contributed by atoms with Crippen molar-refractivity contribution in [3.63, 3.8) is 0 Å². The molecule has 0 aliphatic heterocycles. The van der Waals surface area contributed by atoms with Crippen molar-refractivity contribution in [2.75, 3.05) is 13.6 Å². The summed E-state index contributed by atoms with van der Waals surface area (Å²) in [7, 11) is 0. The number of halogens is 4. The Kier molecular flexibility index (Phi) is 12.4. The molecule has 0 saturated heterocycles. The van der Waals surface area contributed by atoms with Crippen molar-refractivity contribution in [3.8, 4) is 45.3 Å². The van der Waals surface area contributed by atoms with Crippen molar-refractivity contribution in [2.45, 2.75) is 6.92 Å². The largest absolute Gasteiger partial charge is 0.457 e. The summed E-state index contributed by atoms with van der Waals surface area (Å²) in [6.45, 7) is 7.18. The van der Waals surface area contributed by atoms with Crippen LogP contribution in [0.25, 0.3) is 22.3 Å². The van der Waals surface area contributed by atoms with Gasteiger partial charge < -0.3 is 28.4 Å². The van der Waals surface area contributed by atoms with E-state index in [1.165, 1.54) is 36.4 Å². The number of aryl methyl sites for hydroxylation is 1. The van der Waals surface area contributed by atoms with Crippen molar-refractivity contribution in [2.24, 2.45) is 0 Å². The molecular weight excluding hydrogens is 728 g/mol. The molecular formula is C41H28F4O10. The zero-order valence-electron chi connectivity index (χ0n) is 28.7. The molecule has 0 spiro atoms. The highest BCUT2D eigenvalue weighted by Crippen LogP contribution is 2.33. The van der Waals surface area contributed by atoms with E-state index in [0.29, 0.717) is 27.8 Å². The zero-order valence-corrected chi connectivity index (χ0v) is 28.7. The molecule has 10 nitrogen and oxygen atoms in total. The average molecular weight is 757 g/mol. The van der Waals surface area contributed by atoms with Crippen LogP contribution in [0.1, 0.15) is 26.3 Å². The van der Waals surface area contributed by atoms with E-state index in [1.807, 2.05) is 0 Å². The molecule has 0 radical (unpaired) electrons. The summed E-state index contributed by atoms with van der Waals surface area (Å²) in [6, 6.07) is 19.1. The third kappa shape index (κ3) is 9.81. The number of hydrogen-bond acceptors (Lipinski definition) is 10. The molecule has 0 heterocycles. The van der Waals surface area contributed by atoms with Crippen molar-refractivity contribution in [1.82, 2.24) is 0 Å². The zero-order chi connectivity index (χ0) is 39.6. The number of rotatable bonds is 14. The first-order valence-corrected chi connectivity index (χ1v) is 15.9. The van der Waals surface area contributed by atoms with Crippen LogP contribution >= 0.6 is 0 Å². The molecule has 0 aliphatic carbocycles. The van der Waals surface area contributed by atoms with Gasteiger partial charge in [-0.3, -0.25) is 0 Å². The molecule has 0 amide bonds. The van der Waals surface area contributed by atoms with Crippen LogP contribution in [0, 0.1) is 30.2 Å². The lowest BCUT2D eigenvalue weighted by Gasteiger charge is -2.12. The first kappa shape index (κ1) is 39.0. The van der Waals surface area contributed by atoms with E-state index < -0.39 is 83.4 Å². The van der Waals surface area contributed by atoms with E-state index in [-0.39, 0.29) is 11.5 Å². The van der Waals surface area contributed by atoms with Crippen LogP contribution in [0.4, 0.5) is 17.6 Å². The molecule has 0 aliphatic rings. The fourth-order valence-corrected chi connectivity index (χ4v) is 4.92. The second-order valence-corrected chi connectivity index (χ2v) is 11.2. The summed E-state index contributed by atoms with van der Waals surface area (Å²) < 4.78 is 89.1. The second kappa shape index (κ2) is 17.5. The number of benzene rings is 5. The van der Waals surface area contributed by atoms with Gasteiger partial charge in [-0.2, -0.15) is 0 Å². The standard InChI is InChI=1S/C41H28F4O10/c1-4-38(46)52-21-50-27-9-12-30(32(42)19-27)40(48)54-36-14-7-25(17-34(36)44)24-6-11-29(23(3)16-24)26-8-15-37(35(45)18-26)55-41(49)31-13-10-28(20-33(31)43)51-22-53-39(47)5-2/h4-20H,1-2,21-22H2,3H3. The SMILES string of the molecule is C=CC(=O)OCOc1ccc(C(=O)Oc2ccc(-c3ccc(-c4ccc(OC(=O)c5ccc(OCOC(=O)C=C)cc5F)c(F)c4)c(C)c3)cc2F)c(F)c1. The second-order valence-electron chi connectivity index (χ2n) is 11.2. The lowest BCUT2D eigenvalue weighted by molar-refractivity contribution is -0.145. The number of ether oxygens (including phenoxy) is 6. The van der Waals surface area contributed by atoms with E-state index in [9.17, 15) is 28.0 Å². The van der Waals surface area contributed by atoms with Gasteiger partial charge in [-0.05, 0) is 83.3 Å². The highest BCUT2D eigenvalue weighted by Gasteiger charge is 2.20. The molecule has 0 saturated carbocycles. The van der Waals surface area contributed by atoms with Crippen molar-refractivity contribution in [3.05, 3.63) is 156 Å². The highest BCUT2D eigenvalue weighted by molar-refractivity contribution is 5.92. The Labute approximate surface area is 310 Å². The van der Waals surface area contributed by atoms with Gasteiger partial charge >= 0.3 is 23.9 Å². The number of carbonyl (C=O) groups is 4. The number of carbonyl (C=O) groups excluding carboxylic acids is 4. The molecule has 0 N–H and O–H groups in total. The maximum absolute atomic E-state index is 15.1. The maximum Gasteiger partial charge on any atom is 0.346 e. The molecule has 55 heavy (non-hydrogen) atoms. The minimum Gasteiger partial charge on any atom is -0.457 e. The fourth-order valence-electron chi connectivity index (χ4n) is 4.92. The molecule has 14 heteroatoms. The molecule has 0 unspecified atom stereocenters. The van der Waals surface area contributed by atoms with Crippen LogP contribution in [-0.4, -0.2) is 37.5 Å². The molecule has 0 bridgehead atoms. The number of hydrogen-bond donors (Lipinski definition) is 0. The molecule has 5 rings (SSSR count). The molecule has 0 aromatic heterocycles. The quantitative estimate of drug-likeness (QED) is 0.0359. The van der Waals surface area contributed by atoms with Crippen LogP contribution in [0.15, 0.2) is 116 Å². The van der Waals surface area contributed by atoms with E-state index in [4.69, 9.17) is 18.9 Å². The monoisotopic (exact) mass is 756 g/mol. The summed E-state index contributed by atoms with van der Waals surface area (Å²) in [5, 5.41) is 0. The van der Waals surface area contributed by atoms with Gasteiger partial charge in [0.1, 0.15) is 23.1 Å². The number of esters is 4. The van der Waals surface area contributed by atoms with Gasteiger partial charge in [0.15, 0.2) is 23.1 Å². The Morgan fingerprint density at radius 2 is 0.982 bits per heavy atom. The summed E-state index contributed by atoms with van der Waals surface area (Å²) in [5.74, 6) is -8.64. The Bertz CT molecular complexity index is 2320. The summed E-state index contributed by atoms with van der Waals surface area (Å²) in [6.07, 6.45) is 1.85. The van der Waals surface area contributed by atoms with Gasteiger partial charge in [0.05, 0.1) is 11.1 Å². The Morgan fingerprint density at radius 3 is 1.42 bits per heavy atom. The summed E-state index contributed by atoms with van der Waals surface area (Å²) in [5.41, 5.74) is 1.68. The van der Waals surface area contributed by atoms with E-state index in [0.717, 1.165) is 48.6 Å². The maximum atomic E-state index is 15.1. The highest BCUT2D eigenvalue weighted by atomic mass is 19.1. The molecule has 0 fully saturated rings. The topological polar surface area (TPSA) is 124 Å². The molecule has 280 valence electrons. The van der Waals surface area contributed by atoms with Crippen LogP contribution in [-0.2, 0) is 19.1 Å². The lowest BCUT2D eigenvalue weighted by atomic mass is 9.95. The van der Waals surface area contributed by atoms with Gasteiger partial charge in [0.25, 0.3) is 0 Å².